The van der Waals surface area contributed by atoms with Gasteiger partial charge in [0, 0.05) is 33.6 Å². The Morgan fingerprint density at radius 1 is 0.878 bits per heavy atom. The van der Waals surface area contributed by atoms with E-state index in [0.29, 0.717) is 38.7 Å². The number of rotatable bonds is 9. The van der Waals surface area contributed by atoms with Gasteiger partial charge in [-0.2, -0.15) is 0 Å². The highest BCUT2D eigenvalue weighted by molar-refractivity contribution is 7.99. The number of hydrogen-bond acceptors (Lipinski definition) is 6. The number of para-hydroxylation sites is 1. The maximum absolute atomic E-state index is 13.1. The lowest BCUT2D eigenvalue weighted by Gasteiger charge is -2.15. The molecule has 206 valence electrons. The van der Waals surface area contributed by atoms with E-state index >= 15 is 0 Å². The van der Waals surface area contributed by atoms with Gasteiger partial charge in [-0.15, -0.1) is 10.2 Å². The molecule has 0 aliphatic carbocycles. The summed E-state index contributed by atoms with van der Waals surface area (Å²) in [5.74, 6) is 0.638. The smallest absolute Gasteiger partial charge is 0.255 e. The highest BCUT2D eigenvalue weighted by atomic mass is 35.5. The molecule has 2 amide bonds. The Hall–Kier alpha value is -4.60. The normalized spacial score (nSPS) is 10.7. The Kier molecular flexibility index (Phi) is 8.67. The average molecular weight is 584 g/mol. The summed E-state index contributed by atoms with van der Waals surface area (Å²) >= 11 is 7.49. The van der Waals surface area contributed by atoms with Gasteiger partial charge in [-0.05, 0) is 55.0 Å². The maximum atomic E-state index is 13.1. The molecule has 0 atom stereocenters. The number of benzene rings is 4. The summed E-state index contributed by atoms with van der Waals surface area (Å²) in [6.07, 6.45) is 0. The molecule has 8 nitrogen and oxygen atoms in total. The largest absolute Gasteiger partial charge is 0.494 e. The van der Waals surface area contributed by atoms with E-state index < -0.39 is 0 Å². The lowest BCUT2D eigenvalue weighted by Crippen LogP contribution is -2.16. The van der Waals surface area contributed by atoms with Gasteiger partial charge in [-0.3, -0.25) is 14.2 Å². The van der Waals surface area contributed by atoms with Gasteiger partial charge in [0.2, 0.25) is 5.91 Å². The molecule has 10 heteroatoms. The molecular formula is C31H26ClN5O3S. The molecule has 5 aromatic rings. The number of nitrogens with one attached hydrogen (secondary N) is 2. The first-order valence-corrected chi connectivity index (χ1v) is 14.0. The third kappa shape index (κ3) is 6.59. The van der Waals surface area contributed by atoms with Crippen molar-refractivity contribution >= 4 is 46.6 Å². The second-order valence-corrected chi connectivity index (χ2v) is 10.4. The Labute approximate surface area is 246 Å². The van der Waals surface area contributed by atoms with Crippen molar-refractivity contribution in [3.05, 3.63) is 113 Å². The van der Waals surface area contributed by atoms with Gasteiger partial charge in [0.25, 0.3) is 5.91 Å². The summed E-state index contributed by atoms with van der Waals surface area (Å²) in [6, 6.07) is 29.5. The molecule has 2 N–H and O–H groups in total. The number of aromatic nitrogens is 3. The molecule has 41 heavy (non-hydrogen) atoms. The highest BCUT2D eigenvalue weighted by Gasteiger charge is 2.19. The number of amides is 2. The van der Waals surface area contributed by atoms with Crippen LogP contribution in [0.15, 0.2) is 102 Å². The van der Waals surface area contributed by atoms with Crippen LogP contribution in [0, 0.1) is 6.92 Å². The number of thioether (sulfide) groups is 1. The summed E-state index contributed by atoms with van der Waals surface area (Å²) in [6.45, 7) is 1.85. The van der Waals surface area contributed by atoms with E-state index in [1.165, 1.54) is 18.9 Å². The lowest BCUT2D eigenvalue weighted by molar-refractivity contribution is -0.113. The van der Waals surface area contributed by atoms with Crippen LogP contribution in [0.1, 0.15) is 15.9 Å². The fraction of sp³-hybridized carbons (Fsp3) is 0.0968. The zero-order valence-corrected chi connectivity index (χ0v) is 23.9. The molecule has 1 aromatic heterocycles. The monoisotopic (exact) mass is 583 g/mol. The minimum Gasteiger partial charge on any atom is -0.494 e. The van der Waals surface area contributed by atoms with Gasteiger partial charge in [-0.25, -0.2) is 0 Å². The predicted molar refractivity (Wildman–Crippen MR) is 163 cm³/mol. The van der Waals surface area contributed by atoms with E-state index in [-0.39, 0.29) is 17.6 Å². The van der Waals surface area contributed by atoms with Crippen molar-refractivity contribution in [2.45, 2.75) is 12.1 Å². The summed E-state index contributed by atoms with van der Waals surface area (Å²) in [4.78, 5) is 25.7. The van der Waals surface area contributed by atoms with E-state index in [9.17, 15) is 9.59 Å². The minimum atomic E-state index is -0.249. The Bertz CT molecular complexity index is 1690. The molecule has 1 heterocycles. The van der Waals surface area contributed by atoms with Crippen molar-refractivity contribution in [3.8, 4) is 22.8 Å². The Morgan fingerprint density at radius 3 is 2.32 bits per heavy atom. The van der Waals surface area contributed by atoms with Gasteiger partial charge in [0.15, 0.2) is 11.0 Å². The zero-order chi connectivity index (χ0) is 28.8. The third-order valence-corrected chi connectivity index (χ3v) is 7.33. The summed E-state index contributed by atoms with van der Waals surface area (Å²) in [5, 5.41) is 15.8. The SMILES string of the molecule is COc1cc(NC(=O)c2ccccc2)c(C)cc1NC(=O)CSc1nnc(-c2cccc(Cl)c2)n1-c1ccccc1. The van der Waals surface area contributed by atoms with Crippen LogP contribution in [-0.2, 0) is 4.79 Å². The van der Waals surface area contributed by atoms with Crippen LogP contribution < -0.4 is 15.4 Å². The Balaban J connectivity index is 1.33. The number of anilines is 2. The zero-order valence-electron chi connectivity index (χ0n) is 22.3. The summed E-state index contributed by atoms with van der Waals surface area (Å²) < 4.78 is 7.42. The van der Waals surface area contributed by atoms with Gasteiger partial charge >= 0.3 is 0 Å². The topological polar surface area (TPSA) is 98.1 Å². The molecule has 0 bridgehead atoms. The molecule has 0 aliphatic heterocycles. The van der Waals surface area contributed by atoms with Crippen molar-refractivity contribution in [1.82, 2.24) is 14.8 Å². The molecule has 0 aliphatic rings. The number of methoxy groups -OCH3 is 1. The molecule has 4 aromatic carbocycles. The van der Waals surface area contributed by atoms with Crippen molar-refractivity contribution in [2.24, 2.45) is 0 Å². The first-order chi connectivity index (χ1) is 19.9. The van der Waals surface area contributed by atoms with E-state index in [1.807, 2.05) is 66.1 Å². The second kappa shape index (κ2) is 12.7. The predicted octanol–water partition coefficient (Wildman–Crippen LogP) is 6.89. The quantitative estimate of drug-likeness (QED) is 0.183. The number of halogens is 1. The average Bonchev–Trinajstić information content (AvgIpc) is 3.42. The van der Waals surface area contributed by atoms with Gasteiger partial charge < -0.3 is 15.4 Å². The number of aryl methyl sites for hydroxylation is 1. The standard InChI is InChI=1S/C31H26ClN5O3S/c1-20-16-26(27(40-2)18-25(20)34-30(39)21-10-5-3-6-11-21)33-28(38)19-41-31-36-35-29(22-12-9-13-23(32)17-22)37(31)24-14-7-4-8-15-24/h3-18H,19H2,1-2H3,(H,33,38)(H,34,39). The van der Waals surface area contributed by atoms with Crippen LogP contribution in [0.2, 0.25) is 5.02 Å². The first-order valence-electron chi connectivity index (χ1n) is 12.7. The van der Waals surface area contributed by atoms with Crippen LogP contribution in [0.25, 0.3) is 17.1 Å². The molecule has 0 unspecified atom stereocenters. The van der Waals surface area contributed by atoms with E-state index in [4.69, 9.17) is 16.3 Å². The molecule has 0 fully saturated rings. The second-order valence-electron chi connectivity index (χ2n) is 9.01. The van der Waals surface area contributed by atoms with Crippen molar-refractivity contribution < 1.29 is 14.3 Å². The Morgan fingerprint density at radius 2 is 1.61 bits per heavy atom. The lowest BCUT2D eigenvalue weighted by atomic mass is 10.1. The molecular weight excluding hydrogens is 558 g/mol. The minimum absolute atomic E-state index is 0.0786. The first kappa shape index (κ1) is 27.9. The maximum Gasteiger partial charge on any atom is 0.255 e. The molecule has 0 radical (unpaired) electrons. The highest BCUT2D eigenvalue weighted by Crippen LogP contribution is 2.33. The molecule has 0 saturated carbocycles. The fourth-order valence-corrected chi connectivity index (χ4v) is 5.12. The van der Waals surface area contributed by atoms with Gasteiger partial charge in [0.1, 0.15) is 5.75 Å². The van der Waals surface area contributed by atoms with Crippen molar-refractivity contribution in [3.63, 3.8) is 0 Å². The van der Waals surface area contributed by atoms with Crippen LogP contribution in [-0.4, -0.2) is 39.4 Å². The van der Waals surface area contributed by atoms with E-state index in [2.05, 4.69) is 20.8 Å². The van der Waals surface area contributed by atoms with E-state index in [0.717, 1.165) is 16.8 Å². The summed E-state index contributed by atoms with van der Waals surface area (Å²) in [7, 11) is 1.51. The summed E-state index contributed by atoms with van der Waals surface area (Å²) in [5.41, 5.74) is 4.07. The van der Waals surface area contributed by atoms with Crippen molar-refractivity contribution in [1.29, 1.82) is 0 Å². The number of nitrogens with zero attached hydrogens (tertiary/aromatic N) is 3. The van der Waals surface area contributed by atoms with Crippen LogP contribution >= 0.6 is 23.4 Å². The fourth-order valence-electron chi connectivity index (χ4n) is 4.18. The van der Waals surface area contributed by atoms with Crippen LogP contribution in [0.4, 0.5) is 11.4 Å². The number of ether oxygens (including phenoxy) is 1. The van der Waals surface area contributed by atoms with Gasteiger partial charge in [-0.1, -0.05) is 71.9 Å². The third-order valence-electron chi connectivity index (χ3n) is 6.17. The van der Waals surface area contributed by atoms with Crippen LogP contribution in [0.3, 0.4) is 0 Å². The number of carbonyl (C=O) groups is 2. The number of carbonyl (C=O) groups excluding carboxylic acids is 2. The number of hydrogen-bond donors (Lipinski definition) is 2. The molecule has 0 saturated heterocycles. The van der Waals surface area contributed by atoms with Crippen molar-refractivity contribution in [2.75, 3.05) is 23.5 Å². The van der Waals surface area contributed by atoms with E-state index in [1.54, 1.807) is 42.5 Å². The molecule has 0 spiro atoms. The molecule has 5 rings (SSSR count). The van der Waals surface area contributed by atoms with Crippen LogP contribution in [0.5, 0.6) is 5.75 Å². The van der Waals surface area contributed by atoms with Gasteiger partial charge in [0.05, 0.1) is 18.6 Å².